The van der Waals surface area contributed by atoms with Crippen LogP contribution in [0.15, 0.2) is 47.6 Å². The fraction of sp³-hybridized carbons (Fsp3) is 0.435. The number of benzene rings is 2. The zero-order valence-corrected chi connectivity index (χ0v) is 19.3. The lowest BCUT2D eigenvalue weighted by molar-refractivity contribution is -0.144. The molecule has 1 fully saturated rings. The Morgan fingerprint density at radius 2 is 1.84 bits per heavy atom. The number of sulfonamides is 1. The second kappa shape index (κ2) is 7.67. The molecule has 3 aliphatic heterocycles. The topological polar surface area (TPSA) is 80.7 Å². The molecule has 0 bridgehead atoms. The Morgan fingerprint density at radius 3 is 2.53 bits per heavy atom. The molecule has 0 aromatic heterocycles. The van der Waals surface area contributed by atoms with Crippen LogP contribution in [0, 0.1) is 0 Å². The van der Waals surface area contributed by atoms with Crippen molar-refractivity contribution in [3.05, 3.63) is 53.6 Å². The summed E-state index contributed by atoms with van der Waals surface area (Å²) in [5, 5.41) is 7.09. The average molecular weight is 458 g/mol. The number of hydrogen-bond acceptors (Lipinski definition) is 7. The monoisotopic (exact) mass is 457 g/mol. The summed E-state index contributed by atoms with van der Waals surface area (Å²) in [6.45, 7) is 0.771. The predicted octanol–water partition coefficient (Wildman–Crippen LogP) is 3.00. The van der Waals surface area contributed by atoms with Crippen LogP contribution in [0.2, 0.25) is 0 Å². The number of nitrogens with zero attached hydrogens (tertiary/aromatic N) is 3. The van der Waals surface area contributed by atoms with Gasteiger partial charge in [0.15, 0.2) is 11.5 Å². The minimum Gasteiger partial charge on any atom is -0.497 e. The maximum absolute atomic E-state index is 12.1. The first-order chi connectivity index (χ1) is 15.3. The summed E-state index contributed by atoms with van der Waals surface area (Å²) in [7, 11) is 0.0353. The summed E-state index contributed by atoms with van der Waals surface area (Å²) in [4.78, 5) is 0. The minimum absolute atomic E-state index is 0.0140. The molecule has 9 heteroatoms. The molecule has 0 aliphatic carbocycles. The van der Waals surface area contributed by atoms with Gasteiger partial charge in [-0.1, -0.05) is 24.3 Å². The summed E-state index contributed by atoms with van der Waals surface area (Å²) in [5.41, 5.74) is 2.26. The standard InChI is InChI=1S/C23H27N3O5S/c1-29-17-7-4-6-16(14-17)19-15-20-18-8-5-9-21(30-2)22(18)31-23(26(20)24-19)10-12-25(13-11-23)32(3,27)28/h4-9,14,20H,10-13,15H2,1-3H3/t20-/m0/s1. The van der Waals surface area contributed by atoms with E-state index in [4.69, 9.17) is 19.3 Å². The van der Waals surface area contributed by atoms with Crippen LogP contribution >= 0.6 is 0 Å². The molecule has 1 spiro atoms. The molecule has 0 radical (unpaired) electrons. The van der Waals surface area contributed by atoms with Crippen LogP contribution in [-0.2, 0) is 10.0 Å². The second-order valence-electron chi connectivity index (χ2n) is 8.43. The fourth-order valence-corrected chi connectivity index (χ4v) is 5.75. The molecule has 1 saturated heterocycles. The van der Waals surface area contributed by atoms with Gasteiger partial charge in [0.2, 0.25) is 15.7 Å². The lowest BCUT2D eigenvalue weighted by Gasteiger charge is -2.50. The van der Waals surface area contributed by atoms with Gasteiger partial charge in [-0.05, 0) is 18.2 Å². The Morgan fingerprint density at radius 1 is 1.09 bits per heavy atom. The van der Waals surface area contributed by atoms with Gasteiger partial charge in [0, 0.05) is 43.5 Å². The molecule has 2 aromatic carbocycles. The first kappa shape index (κ1) is 21.1. The highest BCUT2D eigenvalue weighted by Crippen LogP contribution is 2.52. The molecule has 0 unspecified atom stereocenters. The van der Waals surface area contributed by atoms with Crippen molar-refractivity contribution in [1.29, 1.82) is 0 Å². The first-order valence-electron chi connectivity index (χ1n) is 10.7. The largest absolute Gasteiger partial charge is 0.497 e. The van der Waals surface area contributed by atoms with E-state index in [2.05, 4.69) is 11.1 Å². The molecular formula is C23H27N3O5S. The Hall–Kier alpha value is -2.78. The smallest absolute Gasteiger partial charge is 0.211 e. The van der Waals surface area contributed by atoms with Gasteiger partial charge in [-0.15, -0.1) is 0 Å². The van der Waals surface area contributed by atoms with Gasteiger partial charge in [0.05, 0.1) is 32.2 Å². The van der Waals surface area contributed by atoms with E-state index < -0.39 is 15.7 Å². The van der Waals surface area contributed by atoms with E-state index in [0.29, 0.717) is 38.1 Å². The van der Waals surface area contributed by atoms with Crippen molar-refractivity contribution in [2.24, 2.45) is 5.10 Å². The number of rotatable bonds is 4. The van der Waals surface area contributed by atoms with Crippen molar-refractivity contribution >= 4 is 15.7 Å². The van der Waals surface area contributed by atoms with Gasteiger partial charge in [-0.25, -0.2) is 17.7 Å². The third-order valence-corrected chi connectivity index (χ3v) is 7.89. The van der Waals surface area contributed by atoms with Crippen LogP contribution in [0.4, 0.5) is 0 Å². The Labute approximate surface area is 188 Å². The maximum atomic E-state index is 12.1. The van der Waals surface area contributed by atoms with E-state index >= 15 is 0 Å². The highest BCUT2D eigenvalue weighted by atomic mass is 32.2. The number of fused-ring (bicyclic) bond motifs is 4. The predicted molar refractivity (Wildman–Crippen MR) is 121 cm³/mol. The molecule has 170 valence electrons. The van der Waals surface area contributed by atoms with Crippen LogP contribution in [0.5, 0.6) is 17.2 Å². The Balaban J connectivity index is 1.57. The van der Waals surface area contributed by atoms with Crippen LogP contribution < -0.4 is 14.2 Å². The van der Waals surface area contributed by atoms with Crippen LogP contribution in [0.25, 0.3) is 0 Å². The first-order valence-corrected chi connectivity index (χ1v) is 12.5. The highest BCUT2D eigenvalue weighted by molar-refractivity contribution is 7.88. The Bertz CT molecular complexity index is 1170. The molecular weight excluding hydrogens is 430 g/mol. The number of hydrogen-bond donors (Lipinski definition) is 0. The van der Waals surface area contributed by atoms with Gasteiger partial charge in [0.1, 0.15) is 5.75 Å². The molecule has 0 amide bonds. The maximum Gasteiger partial charge on any atom is 0.211 e. The summed E-state index contributed by atoms with van der Waals surface area (Å²) in [6.07, 6.45) is 3.00. The van der Waals surface area contributed by atoms with Gasteiger partial charge in [-0.3, -0.25) is 0 Å². The number of ether oxygens (including phenoxy) is 3. The Kier molecular flexibility index (Phi) is 5.05. The van der Waals surface area contributed by atoms with Crippen LogP contribution in [-0.4, -0.2) is 62.7 Å². The number of hydrazone groups is 1. The summed E-state index contributed by atoms with van der Waals surface area (Å²) < 4.78 is 43.3. The zero-order chi connectivity index (χ0) is 22.5. The highest BCUT2D eigenvalue weighted by Gasteiger charge is 2.53. The van der Waals surface area contributed by atoms with E-state index in [-0.39, 0.29) is 6.04 Å². The van der Waals surface area contributed by atoms with E-state index in [0.717, 1.165) is 28.3 Å². The molecule has 5 rings (SSSR count). The number of para-hydroxylation sites is 1. The lowest BCUT2D eigenvalue weighted by atomic mass is 9.91. The molecule has 0 saturated carbocycles. The molecule has 8 nitrogen and oxygen atoms in total. The van der Waals surface area contributed by atoms with Crippen LogP contribution in [0.1, 0.15) is 36.4 Å². The quantitative estimate of drug-likeness (QED) is 0.702. The zero-order valence-electron chi connectivity index (χ0n) is 18.4. The van der Waals surface area contributed by atoms with E-state index in [1.807, 2.05) is 36.4 Å². The van der Waals surface area contributed by atoms with Crippen molar-refractivity contribution in [1.82, 2.24) is 9.31 Å². The van der Waals surface area contributed by atoms with Gasteiger partial charge in [-0.2, -0.15) is 5.10 Å². The molecule has 3 aliphatic rings. The summed E-state index contributed by atoms with van der Waals surface area (Å²) in [5.74, 6) is 2.19. The third kappa shape index (κ3) is 3.40. The molecule has 32 heavy (non-hydrogen) atoms. The average Bonchev–Trinajstić information content (AvgIpc) is 3.26. The number of piperidine rings is 1. The summed E-state index contributed by atoms with van der Waals surface area (Å²) in [6, 6.07) is 13.8. The molecule has 3 heterocycles. The molecule has 2 aromatic rings. The van der Waals surface area contributed by atoms with Crippen molar-refractivity contribution < 1.29 is 22.6 Å². The van der Waals surface area contributed by atoms with E-state index in [1.54, 1.807) is 14.2 Å². The van der Waals surface area contributed by atoms with Gasteiger partial charge in [0.25, 0.3) is 0 Å². The number of methoxy groups -OCH3 is 2. The van der Waals surface area contributed by atoms with Crippen molar-refractivity contribution in [2.75, 3.05) is 33.6 Å². The SMILES string of the molecule is COc1cccc(C2=NN3[C@@H](C2)c2cccc(OC)c2OC32CCN(S(C)(=O)=O)CC2)c1. The fourth-order valence-electron chi connectivity index (χ4n) is 4.91. The summed E-state index contributed by atoms with van der Waals surface area (Å²) >= 11 is 0. The minimum atomic E-state index is -3.25. The lowest BCUT2D eigenvalue weighted by Crippen LogP contribution is -2.59. The second-order valence-corrected chi connectivity index (χ2v) is 10.4. The van der Waals surface area contributed by atoms with Crippen molar-refractivity contribution in [2.45, 2.75) is 31.0 Å². The normalized spacial score (nSPS) is 22.0. The third-order valence-electron chi connectivity index (χ3n) is 6.58. The van der Waals surface area contributed by atoms with Crippen molar-refractivity contribution in [3.63, 3.8) is 0 Å². The molecule has 1 atom stereocenters. The van der Waals surface area contributed by atoms with Crippen molar-refractivity contribution in [3.8, 4) is 17.2 Å². The van der Waals surface area contributed by atoms with E-state index in [1.165, 1.54) is 10.6 Å². The van der Waals surface area contributed by atoms with Gasteiger partial charge < -0.3 is 14.2 Å². The molecule has 0 N–H and O–H groups in total. The van der Waals surface area contributed by atoms with Gasteiger partial charge >= 0.3 is 0 Å². The van der Waals surface area contributed by atoms with Crippen LogP contribution in [0.3, 0.4) is 0 Å². The van der Waals surface area contributed by atoms with E-state index in [9.17, 15) is 8.42 Å².